The number of rotatable bonds is 6. The molecule has 0 fully saturated rings. The average Bonchev–Trinajstić information content (AvgIpc) is 2.85. The Kier molecular flexibility index (Phi) is 7.03. The maximum atomic E-state index is 13.4. The van der Waals surface area contributed by atoms with Gasteiger partial charge in [0, 0.05) is 11.8 Å². The molecule has 3 aromatic rings. The lowest BCUT2D eigenvalue weighted by molar-refractivity contribution is 0.576. The van der Waals surface area contributed by atoms with Crippen LogP contribution in [-0.4, -0.2) is 15.3 Å². The lowest BCUT2D eigenvalue weighted by atomic mass is 10.2. The second kappa shape index (κ2) is 8.80. The highest BCUT2D eigenvalue weighted by Crippen LogP contribution is 2.26. The topological polar surface area (TPSA) is 17.8 Å². The van der Waals surface area contributed by atoms with Gasteiger partial charge in [0.1, 0.15) is 11.6 Å². The molecule has 1 aromatic heterocycles. The first-order chi connectivity index (χ1) is 11.2. The van der Waals surface area contributed by atoms with E-state index >= 15 is 0 Å². The molecule has 0 aliphatic rings. The Bertz CT molecular complexity index is 800. The van der Waals surface area contributed by atoms with Crippen molar-refractivity contribution in [2.24, 2.45) is 0 Å². The summed E-state index contributed by atoms with van der Waals surface area (Å²) in [5.74, 6) is -0.119. The van der Waals surface area contributed by atoms with Crippen LogP contribution < -0.4 is 0 Å². The zero-order chi connectivity index (χ0) is 16.2. The SMILES string of the molecule is CCCCSc1nc2ccccc2n1Cc1cc(F)cc(F)c1.I. The zero-order valence-electron chi connectivity index (χ0n) is 13.3. The van der Waals surface area contributed by atoms with Crippen LogP contribution in [-0.2, 0) is 6.54 Å². The Morgan fingerprint density at radius 1 is 1.08 bits per heavy atom. The second-order valence-electron chi connectivity index (χ2n) is 5.45. The monoisotopic (exact) mass is 460 g/mol. The molecule has 0 atom stereocenters. The van der Waals surface area contributed by atoms with Crippen molar-refractivity contribution in [3.8, 4) is 0 Å². The molecule has 6 heteroatoms. The van der Waals surface area contributed by atoms with Gasteiger partial charge in [-0.1, -0.05) is 37.2 Å². The van der Waals surface area contributed by atoms with Crippen LogP contribution in [0.2, 0.25) is 0 Å². The minimum Gasteiger partial charge on any atom is -0.314 e. The molecule has 0 radical (unpaired) electrons. The van der Waals surface area contributed by atoms with Crippen LogP contribution in [0.1, 0.15) is 25.3 Å². The van der Waals surface area contributed by atoms with Crippen molar-refractivity contribution < 1.29 is 8.78 Å². The fourth-order valence-electron chi connectivity index (χ4n) is 2.51. The molecule has 0 amide bonds. The number of imidazole rings is 1. The molecule has 0 N–H and O–H groups in total. The van der Waals surface area contributed by atoms with Gasteiger partial charge in [0.25, 0.3) is 0 Å². The zero-order valence-corrected chi connectivity index (χ0v) is 16.5. The average molecular weight is 460 g/mol. The smallest absolute Gasteiger partial charge is 0.169 e. The molecule has 128 valence electrons. The summed E-state index contributed by atoms with van der Waals surface area (Å²) in [5.41, 5.74) is 2.49. The van der Waals surface area contributed by atoms with E-state index in [1.807, 2.05) is 28.8 Å². The summed E-state index contributed by atoms with van der Waals surface area (Å²) in [5, 5.41) is 0.893. The second-order valence-corrected chi connectivity index (χ2v) is 6.51. The van der Waals surface area contributed by atoms with Crippen molar-refractivity contribution in [3.05, 3.63) is 59.7 Å². The predicted molar refractivity (Wildman–Crippen MR) is 106 cm³/mol. The molecule has 2 aromatic carbocycles. The third-order valence-corrected chi connectivity index (χ3v) is 4.67. The van der Waals surface area contributed by atoms with Crippen LogP contribution in [0.4, 0.5) is 8.78 Å². The number of unbranched alkanes of at least 4 members (excludes halogenated alkanes) is 1. The fraction of sp³-hybridized carbons (Fsp3) is 0.278. The fourth-order valence-corrected chi connectivity index (χ4v) is 3.61. The van der Waals surface area contributed by atoms with Gasteiger partial charge >= 0.3 is 0 Å². The standard InChI is InChI=1S/C18H18F2N2S.HI/c1-2-3-8-23-18-21-16-6-4-5-7-17(16)22(18)12-13-9-14(19)11-15(20)10-13;/h4-7,9-11H,2-3,8,12H2,1H3;1H. The summed E-state index contributed by atoms with van der Waals surface area (Å²) >= 11 is 1.69. The summed E-state index contributed by atoms with van der Waals surface area (Å²) in [7, 11) is 0. The van der Waals surface area contributed by atoms with Crippen molar-refractivity contribution in [2.75, 3.05) is 5.75 Å². The Balaban J connectivity index is 0.00000208. The van der Waals surface area contributed by atoms with Gasteiger partial charge in [-0.25, -0.2) is 13.8 Å². The Labute approximate surface area is 161 Å². The van der Waals surface area contributed by atoms with Gasteiger partial charge in [-0.2, -0.15) is 0 Å². The van der Waals surface area contributed by atoms with Gasteiger partial charge < -0.3 is 4.57 Å². The molecule has 0 saturated heterocycles. The van der Waals surface area contributed by atoms with E-state index in [1.165, 1.54) is 12.1 Å². The Hall–Kier alpha value is -1.15. The Morgan fingerprint density at radius 3 is 2.50 bits per heavy atom. The summed E-state index contributed by atoms with van der Waals surface area (Å²) in [6.45, 7) is 2.56. The molecule has 1 heterocycles. The number of hydrogen-bond donors (Lipinski definition) is 0. The predicted octanol–water partition coefficient (Wildman–Crippen LogP) is 5.87. The third-order valence-electron chi connectivity index (χ3n) is 3.61. The molecule has 0 spiro atoms. The number of thioether (sulfide) groups is 1. The van der Waals surface area contributed by atoms with E-state index in [-0.39, 0.29) is 24.0 Å². The first-order valence-corrected chi connectivity index (χ1v) is 8.69. The maximum Gasteiger partial charge on any atom is 0.169 e. The van der Waals surface area contributed by atoms with Gasteiger partial charge in [0.15, 0.2) is 5.16 Å². The van der Waals surface area contributed by atoms with E-state index in [0.717, 1.165) is 40.9 Å². The maximum absolute atomic E-state index is 13.4. The summed E-state index contributed by atoms with van der Waals surface area (Å²) in [6, 6.07) is 11.5. The van der Waals surface area contributed by atoms with Gasteiger partial charge in [-0.3, -0.25) is 0 Å². The third kappa shape index (κ3) is 4.47. The molecule has 0 aliphatic heterocycles. The molecule has 0 saturated carbocycles. The minimum absolute atomic E-state index is 0. The number of para-hydroxylation sites is 2. The number of hydrogen-bond acceptors (Lipinski definition) is 2. The first kappa shape index (κ1) is 19.2. The van der Waals surface area contributed by atoms with Gasteiger partial charge in [-0.15, -0.1) is 24.0 Å². The van der Waals surface area contributed by atoms with E-state index in [2.05, 4.69) is 11.9 Å². The van der Waals surface area contributed by atoms with E-state index in [0.29, 0.717) is 12.1 Å². The van der Waals surface area contributed by atoms with E-state index < -0.39 is 11.6 Å². The van der Waals surface area contributed by atoms with Gasteiger partial charge in [0.05, 0.1) is 17.6 Å². The van der Waals surface area contributed by atoms with Crippen LogP contribution >= 0.6 is 35.7 Å². The van der Waals surface area contributed by atoms with Crippen molar-refractivity contribution in [2.45, 2.75) is 31.5 Å². The lowest BCUT2D eigenvalue weighted by Gasteiger charge is -2.09. The number of aromatic nitrogens is 2. The first-order valence-electron chi connectivity index (χ1n) is 7.70. The molecule has 2 nitrogen and oxygen atoms in total. The highest BCUT2D eigenvalue weighted by Gasteiger charge is 2.12. The number of benzene rings is 2. The van der Waals surface area contributed by atoms with Gasteiger partial charge in [0.2, 0.25) is 0 Å². The molecule has 24 heavy (non-hydrogen) atoms. The summed E-state index contributed by atoms with van der Waals surface area (Å²) in [4.78, 5) is 4.66. The molecule has 3 rings (SSSR count). The van der Waals surface area contributed by atoms with Crippen molar-refractivity contribution in [3.63, 3.8) is 0 Å². The quantitative estimate of drug-likeness (QED) is 0.260. The minimum atomic E-state index is -0.551. The number of nitrogens with zero attached hydrogens (tertiary/aromatic N) is 2. The van der Waals surface area contributed by atoms with Crippen LogP contribution in [0.15, 0.2) is 47.6 Å². The molecule has 0 unspecified atom stereocenters. The number of fused-ring (bicyclic) bond motifs is 1. The molecule has 0 bridgehead atoms. The molecular formula is C18H19F2IN2S. The molecular weight excluding hydrogens is 441 g/mol. The van der Waals surface area contributed by atoms with Crippen molar-refractivity contribution in [1.82, 2.24) is 9.55 Å². The highest BCUT2D eigenvalue weighted by atomic mass is 127. The van der Waals surface area contributed by atoms with E-state index in [1.54, 1.807) is 11.8 Å². The normalized spacial score (nSPS) is 10.8. The van der Waals surface area contributed by atoms with Crippen LogP contribution in [0.25, 0.3) is 11.0 Å². The Morgan fingerprint density at radius 2 is 1.79 bits per heavy atom. The summed E-state index contributed by atoms with van der Waals surface area (Å²) in [6.07, 6.45) is 2.24. The van der Waals surface area contributed by atoms with Crippen molar-refractivity contribution >= 4 is 46.8 Å². The van der Waals surface area contributed by atoms with Crippen molar-refractivity contribution in [1.29, 1.82) is 0 Å². The van der Waals surface area contributed by atoms with Gasteiger partial charge in [-0.05, 0) is 36.2 Å². The van der Waals surface area contributed by atoms with Crippen LogP contribution in [0.5, 0.6) is 0 Å². The highest BCUT2D eigenvalue weighted by molar-refractivity contribution is 14.0. The van der Waals surface area contributed by atoms with Crippen LogP contribution in [0, 0.1) is 11.6 Å². The van der Waals surface area contributed by atoms with E-state index in [9.17, 15) is 8.78 Å². The van der Waals surface area contributed by atoms with Crippen LogP contribution in [0.3, 0.4) is 0 Å². The molecule has 0 aliphatic carbocycles. The summed E-state index contributed by atoms with van der Waals surface area (Å²) < 4.78 is 28.9. The van der Waals surface area contributed by atoms with E-state index in [4.69, 9.17) is 0 Å². The largest absolute Gasteiger partial charge is 0.314 e. The lowest BCUT2D eigenvalue weighted by Crippen LogP contribution is -2.03. The number of halogens is 3.